The SMILES string of the molecule is C=CC(=O)OCCOc1ccc(/N=N/c2ccc(N(C)Nc3ccc(N(C)Nc4ccc(N(C)CCOC(=O)C=C)cc4)cc3F)cc2)cc1. The minimum Gasteiger partial charge on any atom is -0.490 e. The fourth-order valence-electron chi connectivity index (χ4n) is 4.40. The van der Waals surface area contributed by atoms with E-state index in [2.05, 4.69) is 34.2 Å². The van der Waals surface area contributed by atoms with E-state index in [1.54, 1.807) is 54.4 Å². The minimum absolute atomic E-state index is 0.126. The number of halogens is 1. The molecule has 0 atom stereocenters. The van der Waals surface area contributed by atoms with Gasteiger partial charge in [-0.05, 0) is 84.9 Å². The molecule has 0 saturated heterocycles. The molecule has 12 nitrogen and oxygen atoms in total. The third-order valence-electron chi connectivity index (χ3n) is 7.19. The van der Waals surface area contributed by atoms with E-state index in [0.717, 1.165) is 29.2 Å². The first-order valence-electron chi connectivity index (χ1n) is 15.6. The van der Waals surface area contributed by atoms with Gasteiger partial charge in [0.25, 0.3) is 0 Å². The van der Waals surface area contributed by atoms with Crippen molar-refractivity contribution in [3.05, 3.63) is 122 Å². The Labute approximate surface area is 291 Å². The summed E-state index contributed by atoms with van der Waals surface area (Å²) in [6.07, 6.45) is 2.24. The van der Waals surface area contributed by atoms with Crippen LogP contribution in [0, 0.1) is 5.82 Å². The highest BCUT2D eigenvalue weighted by Gasteiger charge is 2.10. The van der Waals surface area contributed by atoms with Crippen molar-refractivity contribution in [1.82, 2.24) is 0 Å². The maximum absolute atomic E-state index is 15.2. The highest BCUT2D eigenvalue weighted by Crippen LogP contribution is 2.26. The van der Waals surface area contributed by atoms with Crippen molar-refractivity contribution in [3.63, 3.8) is 0 Å². The number of esters is 2. The van der Waals surface area contributed by atoms with Crippen molar-refractivity contribution in [2.75, 3.05) is 73.3 Å². The van der Waals surface area contributed by atoms with Crippen LogP contribution in [0.3, 0.4) is 0 Å². The van der Waals surface area contributed by atoms with Gasteiger partial charge in [0.1, 0.15) is 31.4 Å². The van der Waals surface area contributed by atoms with E-state index in [4.69, 9.17) is 14.2 Å². The number of benzene rings is 4. The number of carbonyl (C=O) groups is 2. The van der Waals surface area contributed by atoms with E-state index in [-0.39, 0.29) is 19.8 Å². The van der Waals surface area contributed by atoms with Crippen molar-refractivity contribution >= 4 is 51.8 Å². The number of hydrazine groups is 2. The van der Waals surface area contributed by atoms with E-state index >= 15 is 4.39 Å². The Kier molecular flexibility index (Phi) is 13.3. The molecule has 0 bridgehead atoms. The molecular weight excluding hydrogens is 641 g/mol. The lowest BCUT2D eigenvalue weighted by Gasteiger charge is -2.25. The minimum atomic E-state index is -0.494. The molecule has 0 fully saturated rings. The summed E-state index contributed by atoms with van der Waals surface area (Å²) in [6, 6.07) is 27.0. The summed E-state index contributed by atoms with van der Waals surface area (Å²) < 4.78 is 30.6. The molecule has 0 unspecified atom stereocenters. The van der Waals surface area contributed by atoms with E-state index < -0.39 is 17.8 Å². The van der Waals surface area contributed by atoms with Gasteiger partial charge in [-0.25, -0.2) is 14.0 Å². The molecule has 4 aromatic rings. The highest BCUT2D eigenvalue weighted by molar-refractivity contribution is 5.81. The lowest BCUT2D eigenvalue weighted by molar-refractivity contribution is -0.138. The number of anilines is 5. The van der Waals surface area contributed by atoms with Crippen LogP contribution in [0.25, 0.3) is 0 Å². The lowest BCUT2D eigenvalue weighted by atomic mass is 10.2. The second-order valence-electron chi connectivity index (χ2n) is 10.8. The van der Waals surface area contributed by atoms with Crippen molar-refractivity contribution in [2.24, 2.45) is 10.2 Å². The number of hydrogen-bond donors (Lipinski definition) is 2. The van der Waals surface area contributed by atoms with E-state index in [0.29, 0.717) is 35.0 Å². The standard InChI is InChI=1S/C37H40FN7O5/c1-6-36(46)49-23-22-43(3)30-14-10-29(11-15-30)41-45(5)32-18-21-35(34(38)26-32)42-44(4)31-16-8-27(9-17-31)39-40-28-12-19-33(20-13-28)48-24-25-50-37(47)7-2/h6-21,26,41-42H,1-2,22-25H2,3-5H3/b40-39+. The van der Waals surface area contributed by atoms with Gasteiger partial charge in [-0.15, -0.1) is 0 Å². The molecule has 0 radical (unpaired) electrons. The van der Waals surface area contributed by atoms with Gasteiger partial charge in [-0.1, -0.05) is 13.2 Å². The second kappa shape index (κ2) is 18.2. The Morgan fingerprint density at radius 2 is 1.24 bits per heavy atom. The van der Waals surface area contributed by atoms with Crippen LogP contribution in [0.15, 0.2) is 127 Å². The van der Waals surface area contributed by atoms with Crippen LogP contribution >= 0.6 is 0 Å². The van der Waals surface area contributed by atoms with Crippen molar-refractivity contribution in [3.8, 4) is 5.75 Å². The van der Waals surface area contributed by atoms with Crippen molar-refractivity contribution in [1.29, 1.82) is 0 Å². The Morgan fingerprint density at radius 1 is 0.700 bits per heavy atom. The predicted octanol–water partition coefficient (Wildman–Crippen LogP) is 7.44. The van der Waals surface area contributed by atoms with Gasteiger partial charge in [0.05, 0.1) is 40.7 Å². The average molecular weight is 682 g/mol. The number of hydrogen-bond acceptors (Lipinski definition) is 12. The molecule has 4 rings (SSSR count). The van der Waals surface area contributed by atoms with Crippen LogP contribution in [0.4, 0.5) is 44.2 Å². The molecule has 0 aliphatic heterocycles. The van der Waals surface area contributed by atoms with Gasteiger partial charge in [0.15, 0.2) is 0 Å². The van der Waals surface area contributed by atoms with Crippen LogP contribution in [0.1, 0.15) is 0 Å². The van der Waals surface area contributed by atoms with Crippen LogP contribution in [-0.4, -0.2) is 59.4 Å². The first-order valence-corrected chi connectivity index (χ1v) is 15.6. The van der Waals surface area contributed by atoms with Crippen LogP contribution in [0.2, 0.25) is 0 Å². The van der Waals surface area contributed by atoms with Gasteiger partial charge in [-0.2, -0.15) is 10.2 Å². The van der Waals surface area contributed by atoms with Gasteiger partial charge in [0.2, 0.25) is 0 Å². The number of carbonyl (C=O) groups excluding carboxylic acids is 2. The topological polar surface area (TPSA) is 120 Å². The Bertz CT molecular complexity index is 1770. The third kappa shape index (κ3) is 11.1. The van der Waals surface area contributed by atoms with E-state index in [1.165, 1.54) is 6.07 Å². The molecular formula is C37H40FN7O5. The summed E-state index contributed by atoms with van der Waals surface area (Å²) in [5, 5.41) is 12.0. The predicted molar refractivity (Wildman–Crippen MR) is 195 cm³/mol. The Balaban J connectivity index is 1.25. The first-order chi connectivity index (χ1) is 24.1. The number of azo groups is 1. The number of nitrogens with one attached hydrogen (secondary N) is 2. The zero-order chi connectivity index (χ0) is 35.9. The molecule has 0 spiro atoms. The van der Waals surface area contributed by atoms with Crippen LogP contribution in [0.5, 0.6) is 5.75 Å². The molecule has 0 aliphatic rings. The molecule has 0 aliphatic carbocycles. The molecule has 260 valence electrons. The quantitative estimate of drug-likeness (QED) is 0.0360. The number of nitrogens with zero attached hydrogens (tertiary/aromatic N) is 5. The second-order valence-corrected chi connectivity index (χ2v) is 10.8. The zero-order valence-corrected chi connectivity index (χ0v) is 28.2. The highest BCUT2D eigenvalue weighted by atomic mass is 19.1. The molecule has 0 amide bonds. The van der Waals surface area contributed by atoms with E-state index in [9.17, 15) is 9.59 Å². The fraction of sp³-hybridized carbons (Fsp3) is 0.189. The van der Waals surface area contributed by atoms with Crippen LogP contribution in [-0.2, 0) is 19.1 Å². The number of likely N-dealkylation sites (N-methyl/N-ethyl adjacent to an activating group) is 1. The van der Waals surface area contributed by atoms with E-state index in [1.807, 2.05) is 66.5 Å². The average Bonchev–Trinajstić information content (AvgIpc) is 3.13. The van der Waals surface area contributed by atoms with Gasteiger partial charge in [-0.3, -0.25) is 20.9 Å². The molecule has 0 aromatic heterocycles. The normalized spacial score (nSPS) is 10.6. The molecule has 4 aromatic carbocycles. The molecule has 13 heteroatoms. The maximum Gasteiger partial charge on any atom is 0.330 e. The van der Waals surface area contributed by atoms with Gasteiger partial charge >= 0.3 is 11.9 Å². The smallest absolute Gasteiger partial charge is 0.330 e. The van der Waals surface area contributed by atoms with Crippen LogP contribution < -0.4 is 30.5 Å². The lowest BCUT2D eigenvalue weighted by Crippen LogP contribution is -2.26. The van der Waals surface area contributed by atoms with Crippen molar-refractivity contribution in [2.45, 2.75) is 0 Å². The molecule has 0 saturated carbocycles. The number of rotatable bonds is 18. The van der Waals surface area contributed by atoms with Gasteiger partial charge < -0.3 is 19.1 Å². The number of ether oxygens (including phenoxy) is 3. The summed E-state index contributed by atoms with van der Waals surface area (Å²) in [5.74, 6) is -0.749. The Hall–Kier alpha value is -6.37. The molecule has 50 heavy (non-hydrogen) atoms. The van der Waals surface area contributed by atoms with Crippen molar-refractivity contribution < 1.29 is 28.2 Å². The molecule has 2 N–H and O–H groups in total. The largest absolute Gasteiger partial charge is 0.490 e. The van der Waals surface area contributed by atoms with Gasteiger partial charge in [0, 0.05) is 45.0 Å². The maximum atomic E-state index is 15.2. The summed E-state index contributed by atoms with van der Waals surface area (Å²) in [4.78, 5) is 24.3. The summed E-state index contributed by atoms with van der Waals surface area (Å²) in [6.45, 7) is 7.87. The monoisotopic (exact) mass is 681 g/mol. The summed E-state index contributed by atoms with van der Waals surface area (Å²) in [7, 11) is 5.50. The first kappa shape index (κ1) is 36.5. The Morgan fingerprint density at radius 3 is 1.84 bits per heavy atom. The fourth-order valence-corrected chi connectivity index (χ4v) is 4.40. The summed E-state index contributed by atoms with van der Waals surface area (Å²) >= 11 is 0. The molecule has 0 heterocycles. The zero-order valence-electron chi connectivity index (χ0n) is 28.2. The third-order valence-corrected chi connectivity index (χ3v) is 7.19. The summed E-state index contributed by atoms with van der Waals surface area (Å²) in [5.41, 5.74) is 11.1.